The Kier molecular flexibility index (Phi) is 15.1. The molecule has 0 saturated heterocycles. The average molecular weight is 195 g/mol. The normalized spacial score (nSPS) is 9.09. The van der Waals surface area contributed by atoms with Crippen LogP contribution in [0.25, 0.3) is 0 Å². The molecule has 0 saturated carbocycles. The third-order valence-electron chi connectivity index (χ3n) is 0. The van der Waals surface area contributed by atoms with E-state index in [1.54, 1.807) is 0 Å². The van der Waals surface area contributed by atoms with Gasteiger partial charge in [-0.05, 0) is 21.1 Å². The fourth-order valence-electron chi connectivity index (χ4n) is 0. The van der Waals surface area contributed by atoms with Crippen LogP contribution in [0.4, 0.5) is 17.3 Å². The highest BCUT2D eigenvalue weighted by Gasteiger charge is 2.20. The lowest BCUT2D eigenvalue weighted by atomic mass is 10.3. The van der Waals surface area contributed by atoms with Crippen molar-refractivity contribution in [2.24, 2.45) is 0 Å². The van der Waals surface area contributed by atoms with E-state index < -0.39 is 7.25 Å². The molecular weight excluding hydrogens is 185 g/mol. The number of hydrogen-bond acceptors (Lipinski definition) is 3. The average Bonchev–Trinajstić information content (AvgIpc) is 1.63. The van der Waals surface area contributed by atoms with E-state index in [4.69, 9.17) is 4.21 Å². The van der Waals surface area contributed by atoms with Crippen molar-refractivity contribution in [2.45, 2.75) is 0 Å². The van der Waals surface area contributed by atoms with Gasteiger partial charge in [0.2, 0.25) is 0 Å². The first-order chi connectivity index (χ1) is 4.73. The molecule has 0 aliphatic heterocycles. The SMILES string of the molecule is CN(C)C.F[B-](F)(F)F.O=S.[H+]. The van der Waals surface area contributed by atoms with Crippen LogP contribution in [0, 0.1) is 0 Å². The lowest BCUT2D eigenvalue weighted by molar-refractivity contribution is 0.368. The molecule has 0 N–H and O–H groups in total. The zero-order valence-electron chi connectivity index (χ0n) is 7.35. The van der Waals surface area contributed by atoms with Gasteiger partial charge in [0.05, 0.1) is 0 Å². The van der Waals surface area contributed by atoms with Crippen LogP contribution >= 0.6 is 0 Å². The Morgan fingerprint density at radius 3 is 1.09 bits per heavy atom. The number of hydrogen-bond donors (Lipinski definition) is 0. The lowest BCUT2D eigenvalue weighted by Gasteiger charge is -1.94. The van der Waals surface area contributed by atoms with Crippen molar-refractivity contribution in [3.8, 4) is 0 Å². The van der Waals surface area contributed by atoms with Gasteiger partial charge < -0.3 is 22.2 Å². The summed E-state index contributed by atoms with van der Waals surface area (Å²) >= 11 is 2.83. The molecule has 0 spiro atoms. The van der Waals surface area contributed by atoms with E-state index in [1.165, 1.54) is 0 Å². The first kappa shape index (κ1) is 17.0. The van der Waals surface area contributed by atoms with Gasteiger partial charge in [0.15, 0.2) is 12.5 Å². The van der Waals surface area contributed by atoms with E-state index in [-0.39, 0.29) is 1.43 Å². The summed E-state index contributed by atoms with van der Waals surface area (Å²) in [6.45, 7) is 0. The van der Waals surface area contributed by atoms with Crippen molar-refractivity contribution < 1.29 is 22.9 Å². The maximum atomic E-state index is 9.75. The van der Waals surface area contributed by atoms with Gasteiger partial charge in [-0.1, -0.05) is 0 Å². The lowest BCUT2D eigenvalue weighted by Crippen LogP contribution is -2.02. The molecule has 2 nitrogen and oxygen atoms in total. The summed E-state index contributed by atoms with van der Waals surface area (Å²) in [5.74, 6) is 0. The van der Waals surface area contributed by atoms with Crippen LogP contribution in [-0.2, 0) is 12.5 Å². The van der Waals surface area contributed by atoms with Crippen LogP contribution in [0.15, 0.2) is 0 Å². The molecule has 0 atom stereocenters. The quantitative estimate of drug-likeness (QED) is 0.428. The molecule has 0 unspecified atom stereocenters. The molecule has 11 heavy (non-hydrogen) atoms. The fraction of sp³-hybridized carbons (Fsp3) is 1.00. The molecule has 70 valence electrons. The van der Waals surface area contributed by atoms with E-state index in [0.717, 1.165) is 0 Å². The molecule has 0 rings (SSSR count). The third kappa shape index (κ3) is 10700. The Morgan fingerprint density at radius 1 is 1.09 bits per heavy atom. The molecule has 0 fully saturated rings. The minimum absolute atomic E-state index is 0. The summed E-state index contributed by atoms with van der Waals surface area (Å²) in [5.41, 5.74) is 0. The Hall–Kier alpha value is -0.235. The van der Waals surface area contributed by atoms with E-state index in [1.807, 2.05) is 26.0 Å². The van der Waals surface area contributed by atoms with Crippen molar-refractivity contribution in [2.75, 3.05) is 21.1 Å². The highest BCUT2D eigenvalue weighted by Crippen LogP contribution is 2.06. The van der Waals surface area contributed by atoms with E-state index in [9.17, 15) is 17.3 Å². The van der Waals surface area contributed by atoms with E-state index in [2.05, 4.69) is 12.5 Å². The second-order valence-corrected chi connectivity index (χ2v) is 1.84. The maximum absolute atomic E-state index is 9.75. The Labute approximate surface area is 69.7 Å². The van der Waals surface area contributed by atoms with Crippen LogP contribution < -0.4 is 0 Å². The summed E-state index contributed by atoms with van der Waals surface area (Å²) in [7, 11) is 0. The molecule has 0 bridgehead atoms. The predicted octanol–water partition coefficient (Wildman–Crippen LogP) is 1.25. The number of rotatable bonds is 0. The number of halogens is 4. The third-order valence-corrected chi connectivity index (χ3v) is 0. The van der Waals surface area contributed by atoms with Crippen LogP contribution in [0.3, 0.4) is 0 Å². The number of nitrogens with zero attached hydrogens (tertiary/aromatic N) is 1. The van der Waals surface area contributed by atoms with Crippen LogP contribution in [0.1, 0.15) is 1.43 Å². The maximum Gasteiger partial charge on any atom is 1.00 e. The smallest absolute Gasteiger partial charge is 0.418 e. The standard InChI is InChI=1S/C3H9N.BF4.OS/c1-4(2)3;2-1(3,4)5;1-2/h1-3H3;;/q;-1;/p+1. The minimum atomic E-state index is -6.00. The second-order valence-electron chi connectivity index (χ2n) is 1.84. The summed E-state index contributed by atoms with van der Waals surface area (Å²) < 4.78 is 46.8. The van der Waals surface area contributed by atoms with Crippen LogP contribution in [-0.4, -0.2) is 37.5 Å². The van der Waals surface area contributed by atoms with E-state index >= 15 is 0 Å². The molecule has 0 aromatic rings. The predicted molar refractivity (Wildman–Crippen MR) is 39.1 cm³/mol. The Morgan fingerprint density at radius 2 is 1.09 bits per heavy atom. The first-order valence-corrected chi connectivity index (χ1v) is 2.71. The van der Waals surface area contributed by atoms with E-state index in [0.29, 0.717) is 0 Å². The summed E-state index contributed by atoms with van der Waals surface area (Å²) in [6, 6.07) is 0. The summed E-state index contributed by atoms with van der Waals surface area (Å²) in [4.78, 5) is 2.00. The second kappa shape index (κ2) is 9.76. The van der Waals surface area contributed by atoms with Crippen LogP contribution in [0.2, 0.25) is 0 Å². The molecule has 8 heteroatoms. The van der Waals surface area contributed by atoms with Crippen LogP contribution in [0.5, 0.6) is 0 Å². The molecule has 0 heterocycles. The summed E-state index contributed by atoms with van der Waals surface area (Å²) in [6.07, 6.45) is 0. The van der Waals surface area contributed by atoms with Gasteiger partial charge >= 0.3 is 8.68 Å². The molecule has 0 aromatic carbocycles. The monoisotopic (exact) mass is 195 g/mol. The van der Waals surface area contributed by atoms with Gasteiger partial charge in [-0.2, -0.15) is 4.21 Å². The van der Waals surface area contributed by atoms with Crippen molar-refractivity contribution in [3.63, 3.8) is 0 Å². The molecule has 0 aliphatic rings. The fourth-order valence-corrected chi connectivity index (χ4v) is 0. The van der Waals surface area contributed by atoms with Crippen molar-refractivity contribution in [1.82, 2.24) is 4.90 Å². The Balaban J connectivity index is -0.0000000419. The van der Waals surface area contributed by atoms with Gasteiger partial charge in [-0.15, -0.1) is 0 Å². The van der Waals surface area contributed by atoms with Gasteiger partial charge in [0.1, 0.15) is 0 Å². The first-order valence-electron chi connectivity index (χ1n) is 2.38. The molecular formula is C3H10BF4NOS. The summed E-state index contributed by atoms with van der Waals surface area (Å²) in [5, 5.41) is 0. The van der Waals surface area contributed by atoms with Gasteiger partial charge in [-0.3, -0.25) is 0 Å². The van der Waals surface area contributed by atoms with Gasteiger partial charge in [0, 0.05) is 0 Å². The molecule has 0 amide bonds. The molecule has 0 radical (unpaired) electrons. The van der Waals surface area contributed by atoms with Crippen molar-refractivity contribution >= 4 is 19.8 Å². The Bertz CT molecular complexity index is 76.4. The van der Waals surface area contributed by atoms with Gasteiger partial charge in [0.25, 0.3) is 0 Å². The van der Waals surface area contributed by atoms with Crippen molar-refractivity contribution in [1.29, 1.82) is 0 Å². The van der Waals surface area contributed by atoms with Gasteiger partial charge in [-0.25, -0.2) is 0 Å². The zero-order chi connectivity index (χ0) is 10.1. The van der Waals surface area contributed by atoms with Crippen molar-refractivity contribution in [3.05, 3.63) is 0 Å². The highest BCUT2D eigenvalue weighted by atomic mass is 32.1. The molecule has 0 aromatic heterocycles. The highest BCUT2D eigenvalue weighted by molar-refractivity contribution is 7.44. The topological polar surface area (TPSA) is 20.3 Å². The zero-order valence-corrected chi connectivity index (χ0v) is 7.17. The largest absolute Gasteiger partial charge is 1.00 e. The molecule has 0 aliphatic carbocycles. The minimum Gasteiger partial charge on any atom is -0.418 e.